The van der Waals surface area contributed by atoms with Gasteiger partial charge in [0.05, 0.1) is 42.5 Å². The highest BCUT2D eigenvalue weighted by molar-refractivity contribution is 5.94. The number of aromatic nitrogens is 4. The zero-order chi connectivity index (χ0) is 29.1. The Morgan fingerprint density at radius 3 is 2.36 bits per heavy atom. The van der Waals surface area contributed by atoms with Crippen molar-refractivity contribution < 1.29 is 14.3 Å². The monoisotopic (exact) mass is 565 g/mol. The van der Waals surface area contributed by atoms with Gasteiger partial charge < -0.3 is 25.2 Å². The summed E-state index contributed by atoms with van der Waals surface area (Å²) in [6.45, 7) is 3.89. The van der Waals surface area contributed by atoms with Crippen molar-refractivity contribution in [1.82, 2.24) is 30.0 Å². The van der Waals surface area contributed by atoms with E-state index in [1.54, 1.807) is 31.3 Å². The van der Waals surface area contributed by atoms with Crippen LogP contribution in [0.5, 0.6) is 0 Å². The lowest BCUT2D eigenvalue weighted by molar-refractivity contribution is 0.0691. The van der Waals surface area contributed by atoms with Gasteiger partial charge >= 0.3 is 6.03 Å². The highest BCUT2D eigenvalue weighted by Crippen LogP contribution is 2.32. The van der Waals surface area contributed by atoms with Crippen molar-refractivity contribution in [2.75, 3.05) is 56.7 Å². The molecule has 214 valence electrons. The lowest BCUT2D eigenvalue weighted by Gasteiger charge is -2.32. The summed E-state index contributed by atoms with van der Waals surface area (Å²) in [7, 11) is 1.57. The van der Waals surface area contributed by atoms with Crippen LogP contribution in [0.3, 0.4) is 0 Å². The third kappa shape index (κ3) is 5.46. The second-order valence-electron chi connectivity index (χ2n) is 10.3. The van der Waals surface area contributed by atoms with E-state index in [0.717, 1.165) is 48.3 Å². The van der Waals surface area contributed by atoms with Crippen LogP contribution in [0, 0.1) is 11.3 Å². The largest absolute Gasteiger partial charge is 0.378 e. The molecule has 0 aliphatic carbocycles. The highest BCUT2D eigenvalue weighted by Gasteiger charge is 2.28. The fourth-order valence-electron chi connectivity index (χ4n) is 5.40. The van der Waals surface area contributed by atoms with E-state index in [1.807, 2.05) is 40.0 Å². The van der Waals surface area contributed by atoms with Gasteiger partial charge in [-0.05, 0) is 61.4 Å². The molecule has 2 saturated heterocycles. The quantitative estimate of drug-likeness (QED) is 0.375. The van der Waals surface area contributed by atoms with Gasteiger partial charge in [0.2, 0.25) is 0 Å². The number of hydrogen-bond donors (Lipinski definition) is 2. The molecule has 2 aromatic heterocycles. The molecule has 2 aromatic carbocycles. The number of morpholine rings is 1. The first-order chi connectivity index (χ1) is 20.5. The predicted molar refractivity (Wildman–Crippen MR) is 157 cm³/mol. The van der Waals surface area contributed by atoms with E-state index in [4.69, 9.17) is 25.1 Å². The van der Waals surface area contributed by atoms with E-state index in [9.17, 15) is 9.59 Å². The molecule has 2 N–H and O–H groups in total. The molecule has 0 unspecified atom stereocenters. The molecule has 0 atom stereocenters. The van der Waals surface area contributed by atoms with Crippen molar-refractivity contribution in [1.29, 1.82) is 5.26 Å². The van der Waals surface area contributed by atoms with Gasteiger partial charge in [-0.15, -0.1) is 0 Å². The van der Waals surface area contributed by atoms with Gasteiger partial charge in [0.1, 0.15) is 5.82 Å². The Morgan fingerprint density at radius 2 is 1.69 bits per heavy atom. The van der Waals surface area contributed by atoms with Crippen molar-refractivity contribution in [2.24, 2.45) is 0 Å². The molecule has 2 aliphatic rings. The minimum Gasteiger partial charge on any atom is -0.378 e. The number of amides is 3. The van der Waals surface area contributed by atoms with E-state index >= 15 is 0 Å². The van der Waals surface area contributed by atoms with Crippen LogP contribution >= 0.6 is 0 Å². The fourth-order valence-corrected chi connectivity index (χ4v) is 5.40. The minimum absolute atomic E-state index is 0.0307. The number of hydrogen-bond acceptors (Lipinski definition) is 8. The Kier molecular flexibility index (Phi) is 7.66. The van der Waals surface area contributed by atoms with Crippen LogP contribution in [0.15, 0.2) is 54.7 Å². The van der Waals surface area contributed by atoms with Crippen LogP contribution in [0.2, 0.25) is 0 Å². The van der Waals surface area contributed by atoms with Crippen LogP contribution in [-0.2, 0) is 4.74 Å². The van der Waals surface area contributed by atoms with Gasteiger partial charge in [-0.3, -0.25) is 4.79 Å². The molecule has 0 radical (unpaired) electrons. The van der Waals surface area contributed by atoms with Crippen LogP contribution in [0.25, 0.3) is 22.4 Å². The SMILES string of the molecule is CNC(=O)Nc1ccc(-c2nc(N3CCOCC3)c3cnn(C4CCN(C(=O)c5ccc(C#N)cc5)CC4)c3n2)cc1. The van der Waals surface area contributed by atoms with Gasteiger partial charge in [0, 0.05) is 50.0 Å². The van der Waals surface area contributed by atoms with Crippen molar-refractivity contribution in [2.45, 2.75) is 18.9 Å². The summed E-state index contributed by atoms with van der Waals surface area (Å²) in [5.74, 6) is 1.37. The smallest absolute Gasteiger partial charge is 0.318 e. The number of piperidine rings is 1. The molecule has 4 aromatic rings. The van der Waals surface area contributed by atoms with Gasteiger partial charge in [-0.2, -0.15) is 10.4 Å². The second kappa shape index (κ2) is 11.8. The van der Waals surface area contributed by atoms with Gasteiger partial charge in [0.25, 0.3) is 5.91 Å². The Labute approximate surface area is 242 Å². The average Bonchev–Trinajstić information content (AvgIpc) is 3.49. The number of nitrogens with zero attached hydrogens (tertiary/aromatic N) is 7. The summed E-state index contributed by atoms with van der Waals surface area (Å²) in [6.07, 6.45) is 3.32. The number of nitriles is 1. The maximum atomic E-state index is 13.1. The highest BCUT2D eigenvalue weighted by atomic mass is 16.5. The van der Waals surface area contributed by atoms with Crippen molar-refractivity contribution >= 4 is 34.5 Å². The molecule has 0 saturated carbocycles. The molecule has 12 nitrogen and oxygen atoms in total. The molecule has 0 spiro atoms. The van der Waals surface area contributed by atoms with E-state index in [0.29, 0.717) is 48.9 Å². The zero-order valence-electron chi connectivity index (χ0n) is 23.3. The fraction of sp³-hybridized carbons (Fsp3) is 0.333. The molecular weight excluding hydrogens is 534 g/mol. The number of urea groups is 1. The molecule has 12 heteroatoms. The number of carbonyl (C=O) groups is 2. The number of anilines is 2. The number of rotatable bonds is 5. The first-order valence-corrected chi connectivity index (χ1v) is 14.0. The summed E-state index contributed by atoms with van der Waals surface area (Å²) < 4.78 is 7.57. The first kappa shape index (κ1) is 27.2. The molecule has 42 heavy (non-hydrogen) atoms. The average molecular weight is 566 g/mol. The number of likely N-dealkylation sites (tertiary alicyclic amines) is 1. The van der Waals surface area contributed by atoms with Gasteiger partial charge in [0.15, 0.2) is 11.5 Å². The number of nitrogens with one attached hydrogen (secondary N) is 2. The number of carbonyl (C=O) groups excluding carboxylic acids is 2. The van der Waals surface area contributed by atoms with E-state index in [-0.39, 0.29) is 18.0 Å². The number of fused-ring (bicyclic) bond motifs is 1. The summed E-state index contributed by atoms with van der Waals surface area (Å²) in [5.41, 5.74) is 3.36. The van der Waals surface area contributed by atoms with Crippen molar-refractivity contribution in [3.05, 3.63) is 65.9 Å². The molecule has 0 bridgehead atoms. The number of benzene rings is 2. The summed E-state index contributed by atoms with van der Waals surface area (Å²) in [4.78, 5) is 38.8. The van der Waals surface area contributed by atoms with E-state index < -0.39 is 0 Å². The number of ether oxygens (including phenoxy) is 1. The van der Waals surface area contributed by atoms with Gasteiger partial charge in [-0.25, -0.2) is 19.4 Å². The topological polar surface area (TPSA) is 141 Å². The van der Waals surface area contributed by atoms with E-state index in [2.05, 4.69) is 21.6 Å². The third-order valence-corrected chi connectivity index (χ3v) is 7.73. The lowest BCUT2D eigenvalue weighted by atomic mass is 10.0. The molecule has 2 aliphatic heterocycles. The normalized spacial score (nSPS) is 15.8. The standard InChI is InChI=1S/C30H31N9O3/c1-32-30(41)34-23-8-6-21(7-9-23)26-35-27(37-14-16-42-17-15-37)25-19-33-39(28(25)36-26)24-10-12-38(13-11-24)29(40)22-4-2-20(18-31)3-5-22/h2-9,19,24H,10-17H2,1H3,(H2,32,34,41). The first-order valence-electron chi connectivity index (χ1n) is 14.0. The molecule has 4 heterocycles. The van der Waals surface area contributed by atoms with E-state index in [1.165, 1.54) is 0 Å². The molecule has 3 amide bonds. The van der Waals surface area contributed by atoms with Gasteiger partial charge in [-0.1, -0.05) is 0 Å². The summed E-state index contributed by atoms with van der Waals surface area (Å²) in [5, 5.41) is 20.0. The van der Waals surface area contributed by atoms with Crippen molar-refractivity contribution in [3.8, 4) is 17.5 Å². The Morgan fingerprint density at radius 1 is 0.976 bits per heavy atom. The zero-order valence-corrected chi connectivity index (χ0v) is 23.3. The Hall–Kier alpha value is -5.02. The maximum absolute atomic E-state index is 13.1. The third-order valence-electron chi connectivity index (χ3n) is 7.73. The van der Waals surface area contributed by atoms with Crippen LogP contribution in [-0.4, -0.2) is 83.0 Å². The molecular formula is C30H31N9O3. The lowest BCUT2D eigenvalue weighted by Crippen LogP contribution is -2.39. The Bertz CT molecular complexity index is 1630. The van der Waals surface area contributed by atoms with Crippen LogP contribution in [0.1, 0.15) is 34.8 Å². The predicted octanol–water partition coefficient (Wildman–Crippen LogP) is 3.43. The summed E-state index contributed by atoms with van der Waals surface area (Å²) >= 11 is 0. The Balaban J connectivity index is 1.27. The van der Waals surface area contributed by atoms with Crippen LogP contribution < -0.4 is 15.5 Å². The van der Waals surface area contributed by atoms with Crippen LogP contribution in [0.4, 0.5) is 16.3 Å². The minimum atomic E-state index is -0.288. The maximum Gasteiger partial charge on any atom is 0.318 e. The molecule has 6 rings (SSSR count). The second-order valence-corrected chi connectivity index (χ2v) is 10.3. The molecule has 2 fully saturated rings. The summed E-state index contributed by atoms with van der Waals surface area (Å²) in [6, 6.07) is 16.1. The van der Waals surface area contributed by atoms with Crippen molar-refractivity contribution in [3.63, 3.8) is 0 Å².